The quantitative estimate of drug-likeness (QED) is 0.614. The maximum atomic E-state index is 12.7. The van der Waals surface area contributed by atoms with Crippen molar-refractivity contribution >= 4 is 17.4 Å². The molecule has 0 N–H and O–H groups in total. The van der Waals surface area contributed by atoms with Crippen LogP contribution in [0.25, 0.3) is 0 Å². The highest BCUT2D eigenvalue weighted by Gasteiger charge is 2.28. The Balaban J connectivity index is 2.24. The SMILES string of the molecule is C=CCN1CCCC[C@@H]1C(=O)c1cc(Cl)cc(OC)c1. The molecule has 0 aromatic heterocycles. The summed E-state index contributed by atoms with van der Waals surface area (Å²) in [7, 11) is 1.57. The number of piperidine rings is 1. The number of methoxy groups -OCH3 is 1. The van der Waals surface area contributed by atoms with Gasteiger partial charge in [-0.25, -0.2) is 0 Å². The van der Waals surface area contributed by atoms with E-state index in [1.165, 1.54) is 0 Å². The van der Waals surface area contributed by atoms with Gasteiger partial charge < -0.3 is 4.74 Å². The minimum Gasteiger partial charge on any atom is -0.497 e. The molecule has 0 spiro atoms. The van der Waals surface area contributed by atoms with Gasteiger partial charge in [0.05, 0.1) is 13.2 Å². The molecule has 4 heteroatoms. The Morgan fingerprint density at radius 3 is 3.00 bits per heavy atom. The first-order valence-electron chi connectivity index (χ1n) is 6.89. The van der Waals surface area contributed by atoms with E-state index >= 15 is 0 Å². The summed E-state index contributed by atoms with van der Waals surface area (Å²) in [5, 5.41) is 0.527. The largest absolute Gasteiger partial charge is 0.497 e. The summed E-state index contributed by atoms with van der Waals surface area (Å²) in [6.07, 6.45) is 4.96. The van der Waals surface area contributed by atoms with Gasteiger partial charge in [0, 0.05) is 17.1 Å². The summed E-state index contributed by atoms with van der Waals surface area (Å²) in [5.74, 6) is 0.735. The Labute approximate surface area is 125 Å². The molecule has 0 bridgehead atoms. The van der Waals surface area contributed by atoms with Gasteiger partial charge in [0.15, 0.2) is 5.78 Å². The van der Waals surface area contributed by atoms with Crippen LogP contribution in [0.1, 0.15) is 29.6 Å². The molecule has 0 saturated carbocycles. The summed E-state index contributed by atoms with van der Waals surface area (Å²) < 4.78 is 5.18. The Hall–Kier alpha value is -1.32. The van der Waals surface area contributed by atoms with Crippen LogP contribution in [0.15, 0.2) is 30.9 Å². The first kappa shape index (κ1) is 15.1. The monoisotopic (exact) mass is 293 g/mol. The maximum Gasteiger partial charge on any atom is 0.180 e. The van der Waals surface area contributed by atoms with Crippen LogP contribution in [-0.2, 0) is 0 Å². The van der Waals surface area contributed by atoms with Crippen molar-refractivity contribution in [2.45, 2.75) is 25.3 Å². The van der Waals surface area contributed by atoms with Crippen LogP contribution < -0.4 is 4.74 Å². The smallest absolute Gasteiger partial charge is 0.180 e. The minimum atomic E-state index is -0.0788. The topological polar surface area (TPSA) is 29.5 Å². The molecule has 0 radical (unpaired) electrons. The van der Waals surface area contributed by atoms with Crippen molar-refractivity contribution in [3.05, 3.63) is 41.4 Å². The van der Waals surface area contributed by atoms with Crippen LogP contribution in [0.4, 0.5) is 0 Å². The van der Waals surface area contributed by atoms with Gasteiger partial charge in [-0.1, -0.05) is 24.1 Å². The van der Waals surface area contributed by atoms with Crippen molar-refractivity contribution < 1.29 is 9.53 Å². The standard InChI is InChI=1S/C16H20ClNO2/c1-3-7-18-8-5-4-6-15(18)16(19)12-9-13(17)11-14(10-12)20-2/h3,9-11,15H,1,4-8H2,2H3/t15-/m1/s1. The van der Waals surface area contributed by atoms with Crippen molar-refractivity contribution in [3.8, 4) is 5.75 Å². The van der Waals surface area contributed by atoms with Crippen molar-refractivity contribution in [2.75, 3.05) is 20.2 Å². The second-order valence-corrected chi connectivity index (χ2v) is 5.48. The zero-order valence-electron chi connectivity index (χ0n) is 11.8. The average molecular weight is 294 g/mol. The van der Waals surface area contributed by atoms with Gasteiger partial charge in [0.1, 0.15) is 5.75 Å². The summed E-state index contributed by atoms with van der Waals surface area (Å²) in [4.78, 5) is 14.9. The molecule has 20 heavy (non-hydrogen) atoms. The second-order valence-electron chi connectivity index (χ2n) is 5.04. The van der Waals surface area contributed by atoms with Gasteiger partial charge in [-0.3, -0.25) is 9.69 Å². The number of rotatable bonds is 5. The molecule has 3 nitrogen and oxygen atoms in total. The molecule has 1 aliphatic heterocycles. The lowest BCUT2D eigenvalue weighted by molar-refractivity contribution is 0.0771. The molecule has 0 unspecified atom stereocenters. The van der Waals surface area contributed by atoms with Crippen LogP contribution in [0.3, 0.4) is 0 Å². The molecule has 0 amide bonds. The van der Waals surface area contributed by atoms with E-state index < -0.39 is 0 Å². The summed E-state index contributed by atoms with van der Waals surface area (Å²) >= 11 is 6.05. The molecule has 1 heterocycles. The number of benzene rings is 1. The van der Waals surface area contributed by atoms with Crippen LogP contribution in [0, 0.1) is 0 Å². The van der Waals surface area contributed by atoms with Crippen LogP contribution in [0.2, 0.25) is 5.02 Å². The third-order valence-electron chi connectivity index (χ3n) is 3.67. The fourth-order valence-corrected chi connectivity index (χ4v) is 2.91. The van der Waals surface area contributed by atoms with E-state index in [1.54, 1.807) is 25.3 Å². The predicted molar refractivity (Wildman–Crippen MR) is 81.7 cm³/mol. The van der Waals surface area contributed by atoms with Gasteiger partial charge in [-0.05, 0) is 37.6 Å². The highest BCUT2D eigenvalue weighted by atomic mass is 35.5. The fourth-order valence-electron chi connectivity index (χ4n) is 2.69. The lowest BCUT2D eigenvalue weighted by Gasteiger charge is -2.33. The Morgan fingerprint density at radius 1 is 1.50 bits per heavy atom. The van der Waals surface area contributed by atoms with Crippen LogP contribution in [0.5, 0.6) is 5.75 Å². The Bertz CT molecular complexity index is 501. The Morgan fingerprint density at radius 2 is 2.30 bits per heavy atom. The van der Waals surface area contributed by atoms with Crippen LogP contribution in [-0.4, -0.2) is 36.9 Å². The van der Waals surface area contributed by atoms with E-state index in [-0.39, 0.29) is 11.8 Å². The number of likely N-dealkylation sites (tertiary alicyclic amines) is 1. The number of hydrogen-bond donors (Lipinski definition) is 0. The average Bonchev–Trinajstić information content (AvgIpc) is 2.46. The zero-order valence-corrected chi connectivity index (χ0v) is 12.5. The third kappa shape index (κ3) is 3.41. The van der Waals surface area contributed by atoms with Crippen molar-refractivity contribution in [3.63, 3.8) is 0 Å². The predicted octanol–water partition coefficient (Wildman–Crippen LogP) is 3.57. The zero-order chi connectivity index (χ0) is 14.5. The molecule has 108 valence electrons. The lowest BCUT2D eigenvalue weighted by atomic mass is 9.94. The van der Waals surface area contributed by atoms with Gasteiger partial charge in [-0.2, -0.15) is 0 Å². The highest BCUT2D eigenvalue weighted by Crippen LogP contribution is 2.25. The molecule has 1 saturated heterocycles. The number of nitrogens with zero attached hydrogens (tertiary/aromatic N) is 1. The van der Waals surface area contributed by atoms with Gasteiger partial charge in [-0.15, -0.1) is 6.58 Å². The molecule has 1 fully saturated rings. The molecule has 2 rings (SSSR count). The van der Waals surface area contributed by atoms with E-state index in [1.807, 2.05) is 6.08 Å². The van der Waals surface area contributed by atoms with Crippen molar-refractivity contribution in [1.29, 1.82) is 0 Å². The molecular formula is C16H20ClNO2. The Kier molecular flexibility index (Phi) is 5.21. The molecule has 1 atom stereocenters. The maximum absolute atomic E-state index is 12.7. The molecule has 1 aromatic rings. The summed E-state index contributed by atoms with van der Waals surface area (Å²) in [6.45, 7) is 5.46. The van der Waals surface area contributed by atoms with E-state index in [4.69, 9.17) is 16.3 Å². The molecule has 0 aliphatic carbocycles. The summed E-state index contributed by atoms with van der Waals surface area (Å²) in [6, 6.07) is 5.10. The summed E-state index contributed by atoms with van der Waals surface area (Å²) in [5.41, 5.74) is 0.621. The normalized spacial score (nSPS) is 19.6. The van der Waals surface area contributed by atoms with E-state index in [9.17, 15) is 4.79 Å². The number of ketones is 1. The number of hydrogen-bond acceptors (Lipinski definition) is 3. The van der Waals surface area contributed by atoms with Crippen molar-refractivity contribution in [1.82, 2.24) is 4.90 Å². The fraction of sp³-hybridized carbons (Fsp3) is 0.438. The minimum absolute atomic E-state index is 0.0788. The second kappa shape index (κ2) is 6.91. The van der Waals surface area contributed by atoms with Crippen LogP contribution >= 0.6 is 11.6 Å². The molecule has 1 aliphatic rings. The number of carbonyl (C=O) groups is 1. The number of halogens is 1. The highest BCUT2D eigenvalue weighted by molar-refractivity contribution is 6.31. The molecular weight excluding hydrogens is 274 g/mol. The molecule has 1 aromatic carbocycles. The van der Waals surface area contributed by atoms with E-state index in [0.717, 1.165) is 32.4 Å². The third-order valence-corrected chi connectivity index (χ3v) is 3.89. The van der Waals surface area contributed by atoms with Gasteiger partial charge >= 0.3 is 0 Å². The lowest BCUT2D eigenvalue weighted by Crippen LogP contribution is -2.44. The van der Waals surface area contributed by atoms with Crippen molar-refractivity contribution in [2.24, 2.45) is 0 Å². The van der Waals surface area contributed by atoms with E-state index in [0.29, 0.717) is 16.3 Å². The van der Waals surface area contributed by atoms with Gasteiger partial charge in [0.25, 0.3) is 0 Å². The number of ether oxygens (including phenoxy) is 1. The first-order valence-corrected chi connectivity index (χ1v) is 7.27. The number of Topliss-reactive ketones (excluding diaryl/α,β-unsaturated/α-hetero) is 1. The van der Waals surface area contributed by atoms with Gasteiger partial charge in [0.2, 0.25) is 0 Å². The number of carbonyl (C=O) groups excluding carboxylic acids is 1. The first-order chi connectivity index (χ1) is 9.65. The van der Waals surface area contributed by atoms with E-state index in [2.05, 4.69) is 11.5 Å².